The summed E-state index contributed by atoms with van der Waals surface area (Å²) in [5.41, 5.74) is 2.31. The van der Waals surface area contributed by atoms with Gasteiger partial charge in [0, 0.05) is 19.1 Å². The molecule has 1 aromatic rings. The highest BCUT2D eigenvalue weighted by Crippen LogP contribution is 2.21. The molecule has 1 heterocycles. The first-order valence-electron chi connectivity index (χ1n) is 7.76. The fraction of sp³-hybridized carbons (Fsp3) is 0.647. The summed E-state index contributed by atoms with van der Waals surface area (Å²) < 4.78 is 13.2. The largest absolute Gasteiger partial charge is 0.315 e. The van der Waals surface area contributed by atoms with Crippen LogP contribution in [0.15, 0.2) is 18.2 Å². The molecule has 1 atom stereocenters. The molecule has 2 nitrogen and oxygen atoms in total. The number of nitrogens with one attached hydrogen (secondary N) is 1. The second kappa shape index (κ2) is 7.19. The summed E-state index contributed by atoms with van der Waals surface area (Å²) in [6, 6.07) is 5.77. The van der Waals surface area contributed by atoms with Crippen LogP contribution in [0.2, 0.25) is 0 Å². The van der Waals surface area contributed by atoms with Crippen LogP contribution in [-0.4, -0.2) is 30.6 Å². The van der Waals surface area contributed by atoms with Gasteiger partial charge in [0.05, 0.1) is 0 Å². The minimum Gasteiger partial charge on any atom is -0.315 e. The Balaban J connectivity index is 1.90. The summed E-state index contributed by atoms with van der Waals surface area (Å²) in [6.45, 7) is 10.7. The van der Waals surface area contributed by atoms with Crippen molar-refractivity contribution in [1.82, 2.24) is 10.2 Å². The number of likely N-dealkylation sites (tertiary alicyclic amines) is 1. The van der Waals surface area contributed by atoms with Crippen LogP contribution >= 0.6 is 0 Å². The van der Waals surface area contributed by atoms with Crippen LogP contribution in [0.3, 0.4) is 0 Å². The van der Waals surface area contributed by atoms with Crippen molar-refractivity contribution >= 4 is 0 Å². The number of halogens is 1. The van der Waals surface area contributed by atoms with E-state index in [0.717, 1.165) is 31.7 Å². The second-order valence-corrected chi connectivity index (χ2v) is 6.39. The first-order valence-corrected chi connectivity index (χ1v) is 7.76. The molecular weight excluding hydrogens is 251 g/mol. The van der Waals surface area contributed by atoms with Gasteiger partial charge in [-0.2, -0.15) is 0 Å². The quantitative estimate of drug-likeness (QED) is 0.858. The van der Waals surface area contributed by atoms with Crippen molar-refractivity contribution in [2.24, 2.45) is 5.92 Å². The lowest BCUT2D eigenvalue weighted by Crippen LogP contribution is -2.38. The van der Waals surface area contributed by atoms with Crippen molar-refractivity contribution < 1.29 is 4.39 Å². The van der Waals surface area contributed by atoms with E-state index in [1.807, 2.05) is 13.0 Å². The highest BCUT2D eigenvalue weighted by atomic mass is 19.1. The van der Waals surface area contributed by atoms with E-state index < -0.39 is 0 Å². The molecule has 20 heavy (non-hydrogen) atoms. The summed E-state index contributed by atoms with van der Waals surface area (Å²) in [5, 5.41) is 3.56. The Kier molecular flexibility index (Phi) is 5.55. The minimum absolute atomic E-state index is 0.136. The second-order valence-electron chi connectivity index (χ2n) is 6.39. The lowest BCUT2D eigenvalue weighted by atomic mass is 10.1. The predicted octanol–water partition coefficient (Wildman–Crippen LogP) is 3.34. The number of benzene rings is 1. The molecule has 2 rings (SSSR count). The fourth-order valence-corrected chi connectivity index (χ4v) is 2.93. The number of aryl methyl sites for hydroxylation is 1. The molecule has 3 heteroatoms. The van der Waals surface area contributed by atoms with E-state index in [4.69, 9.17) is 0 Å². The Bertz CT molecular complexity index is 431. The van der Waals surface area contributed by atoms with E-state index in [9.17, 15) is 4.39 Å². The number of hydrogen-bond acceptors (Lipinski definition) is 2. The molecule has 1 N–H and O–H groups in total. The monoisotopic (exact) mass is 278 g/mol. The molecule has 0 bridgehead atoms. The van der Waals surface area contributed by atoms with Gasteiger partial charge in [0.1, 0.15) is 5.82 Å². The van der Waals surface area contributed by atoms with Gasteiger partial charge in [-0.3, -0.25) is 4.90 Å². The SMILES string of the molecule is Cc1cc(F)ccc1CN1CCCC1CNCC(C)C. The van der Waals surface area contributed by atoms with Gasteiger partial charge < -0.3 is 5.32 Å². The van der Waals surface area contributed by atoms with Crippen LogP contribution in [0, 0.1) is 18.7 Å². The third kappa shape index (κ3) is 4.29. The smallest absolute Gasteiger partial charge is 0.123 e. The van der Waals surface area contributed by atoms with Crippen molar-refractivity contribution in [2.45, 2.75) is 46.2 Å². The number of nitrogens with zero attached hydrogens (tertiary/aromatic N) is 1. The Labute approximate surface area is 122 Å². The summed E-state index contributed by atoms with van der Waals surface area (Å²) in [6.07, 6.45) is 2.54. The Morgan fingerprint density at radius 1 is 1.40 bits per heavy atom. The van der Waals surface area contributed by atoms with Crippen molar-refractivity contribution in [1.29, 1.82) is 0 Å². The predicted molar refractivity (Wildman–Crippen MR) is 82.3 cm³/mol. The van der Waals surface area contributed by atoms with E-state index >= 15 is 0 Å². The highest BCUT2D eigenvalue weighted by Gasteiger charge is 2.24. The van der Waals surface area contributed by atoms with Crippen molar-refractivity contribution in [2.75, 3.05) is 19.6 Å². The topological polar surface area (TPSA) is 15.3 Å². The lowest BCUT2D eigenvalue weighted by molar-refractivity contribution is 0.237. The molecule has 0 radical (unpaired) electrons. The number of rotatable bonds is 6. The molecule has 1 aliphatic rings. The van der Waals surface area contributed by atoms with Gasteiger partial charge >= 0.3 is 0 Å². The molecular formula is C17H27FN2. The minimum atomic E-state index is -0.136. The normalized spacial score (nSPS) is 19.9. The van der Waals surface area contributed by atoms with Crippen LogP contribution < -0.4 is 5.32 Å². The van der Waals surface area contributed by atoms with E-state index in [1.165, 1.54) is 18.4 Å². The van der Waals surface area contributed by atoms with E-state index in [2.05, 4.69) is 24.1 Å². The lowest BCUT2D eigenvalue weighted by Gasteiger charge is -2.26. The molecule has 1 saturated heterocycles. The van der Waals surface area contributed by atoms with Gasteiger partial charge in [-0.05, 0) is 62.0 Å². The standard InChI is InChI=1S/C17H27FN2/c1-13(2)10-19-11-17-5-4-8-20(17)12-15-6-7-16(18)9-14(15)3/h6-7,9,13,17,19H,4-5,8,10-12H2,1-3H3. The molecule has 0 aromatic heterocycles. The average molecular weight is 278 g/mol. The molecule has 1 fully saturated rings. The van der Waals surface area contributed by atoms with Crippen LogP contribution in [-0.2, 0) is 6.54 Å². The number of hydrogen-bond donors (Lipinski definition) is 1. The molecule has 0 amide bonds. The fourth-order valence-electron chi connectivity index (χ4n) is 2.93. The first kappa shape index (κ1) is 15.5. The molecule has 1 aromatic carbocycles. The van der Waals surface area contributed by atoms with Crippen molar-refractivity contribution in [3.05, 3.63) is 35.1 Å². The summed E-state index contributed by atoms with van der Waals surface area (Å²) >= 11 is 0. The Morgan fingerprint density at radius 2 is 2.20 bits per heavy atom. The maximum absolute atomic E-state index is 13.2. The summed E-state index contributed by atoms with van der Waals surface area (Å²) in [7, 11) is 0. The molecule has 1 unspecified atom stereocenters. The van der Waals surface area contributed by atoms with Crippen molar-refractivity contribution in [3.8, 4) is 0 Å². The van der Waals surface area contributed by atoms with Crippen LogP contribution in [0.5, 0.6) is 0 Å². The third-order valence-electron chi connectivity index (χ3n) is 4.11. The molecule has 0 aliphatic carbocycles. The van der Waals surface area contributed by atoms with E-state index in [0.29, 0.717) is 12.0 Å². The summed E-state index contributed by atoms with van der Waals surface area (Å²) in [5.74, 6) is 0.562. The van der Waals surface area contributed by atoms with Crippen LogP contribution in [0.4, 0.5) is 4.39 Å². The first-order chi connectivity index (χ1) is 9.56. The van der Waals surface area contributed by atoms with E-state index in [1.54, 1.807) is 12.1 Å². The van der Waals surface area contributed by atoms with E-state index in [-0.39, 0.29) is 5.82 Å². The Hall–Kier alpha value is -0.930. The van der Waals surface area contributed by atoms with Crippen molar-refractivity contribution in [3.63, 3.8) is 0 Å². The van der Waals surface area contributed by atoms with Gasteiger partial charge in [0.2, 0.25) is 0 Å². The van der Waals surface area contributed by atoms with Crippen LogP contribution in [0.25, 0.3) is 0 Å². The maximum atomic E-state index is 13.2. The zero-order valence-electron chi connectivity index (χ0n) is 13.0. The van der Waals surface area contributed by atoms with Crippen LogP contribution in [0.1, 0.15) is 37.8 Å². The molecule has 0 spiro atoms. The summed E-state index contributed by atoms with van der Waals surface area (Å²) in [4.78, 5) is 2.54. The van der Waals surface area contributed by atoms with Gasteiger partial charge in [-0.1, -0.05) is 19.9 Å². The van der Waals surface area contributed by atoms with Gasteiger partial charge in [-0.15, -0.1) is 0 Å². The zero-order chi connectivity index (χ0) is 14.5. The average Bonchev–Trinajstić information content (AvgIpc) is 2.80. The Morgan fingerprint density at radius 3 is 2.90 bits per heavy atom. The molecule has 1 aliphatic heterocycles. The van der Waals surface area contributed by atoms with Gasteiger partial charge in [0.15, 0.2) is 0 Å². The van der Waals surface area contributed by atoms with Gasteiger partial charge in [0.25, 0.3) is 0 Å². The zero-order valence-corrected chi connectivity index (χ0v) is 13.0. The maximum Gasteiger partial charge on any atom is 0.123 e. The highest BCUT2D eigenvalue weighted by molar-refractivity contribution is 5.26. The van der Waals surface area contributed by atoms with Gasteiger partial charge in [-0.25, -0.2) is 4.39 Å². The molecule has 0 saturated carbocycles. The third-order valence-corrected chi connectivity index (χ3v) is 4.11. The molecule has 112 valence electrons.